The predicted molar refractivity (Wildman–Crippen MR) is 319 cm³/mol. The van der Waals surface area contributed by atoms with Crippen LogP contribution in [0.25, 0.3) is 6.08 Å². The Balaban J connectivity index is 0.747. The molecular weight excluding hydrogens is 1210 g/mol. The Bertz CT molecular complexity index is 2740. The molecule has 1 aromatic rings. The summed E-state index contributed by atoms with van der Waals surface area (Å²) in [6.07, 6.45) is -16.7. The molecule has 26 heteroatoms. The zero-order valence-electron chi connectivity index (χ0n) is 54.7. The SMILES string of the molecule is CO[C@H]1[C@@H](O)[C@H](O[C@@H]2[C@@H](C)O[C@@H](O[C@H]3[C@@H](OC)C[C@H](O[C@H]4[C@@H](OC)C[C@H](O[C@H]5CC[C@@]6(C)C(=CC[C@]7(O)[C@@H]6[C@H](OC(C)=O)[C@@H](OC(=O)C=Cc6ccccc6)[C@]6(C)[C@H](C(C)=O)CC[C@@]67O)C5)O[C@@H]4C)O[C@@H]3C)C[C@H]2OC)O[C@H](C)[C@H]1O[C@@H]1O[C@H](CO)[C@@H](O)[C@H](O)[C@H]1O. The Morgan fingerprint density at radius 1 is 0.609 bits per heavy atom. The second-order valence-corrected chi connectivity index (χ2v) is 27.1. The monoisotopic (exact) mass is 1310 g/mol. The molecule has 0 aromatic heterocycles. The number of aliphatic hydroxyl groups excluding tert-OH is 5. The lowest BCUT2D eigenvalue weighted by Crippen LogP contribution is -2.80. The maximum atomic E-state index is 13.9. The number of fused-ring (bicyclic) bond motifs is 5. The van der Waals surface area contributed by atoms with Crippen LogP contribution in [0.15, 0.2) is 48.1 Å². The second kappa shape index (κ2) is 28.9. The molecule has 0 amide bonds. The zero-order valence-corrected chi connectivity index (χ0v) is 54.7. The van der Waals surface area contributed by atoms with Gasteiger partial charge in [0.1, 0.15) is 90.2 Å². The molecule has 92 heavy (non-hydrogen) atoms. The van der Waals surface area contributed by atoms with Gasteiger partial charge >= 0.3 is 11.9 Å². The van der Waals surface area contributed by atoms with Crippen molar-refractivity contribution in [1.29, 1.82) is 0 Å². The van der Waals surface area contributed by atoms with E-state index >= 15 is 0 Å². The van der Waals surface area contributed by atoms with Crippen molar-refractivity contribution in [2.45, 2.75) is 278 Å². The van der Waals surface area contributed by atoms with Gasteiger partial charge in [0, 0.05) is 78.0 Å². The topological polar surface area (TPSA) is 340 Å². The zero-order chi connectivity index (χ0) is 66.5. The third-order valence-electron chi connectivity index (χ3n) is 21.8. The van der Waals surface area contributed by atoms with E-state index in [1.807, 2.05) is 57.2 Å². The molecule has 0 spiro atoms. The first kappa shape index (κ1) is 71.2. The number of hydrogen-bond donors (Lipinski definition) is 7. The highest BCUT2D eigenvalue weighted by Gasteiger charge is 2.81. The normalized spacial score (nSPS) is 48.0. The van der Waals surface area contributed by atoms with Crippen molar-refractivity contribution in [3.05, 3.63) is 53.6 Å². The van der Waals surface area contributed by atoms with Crippen LogP contribution in [0, 0.1) is 22.7 Å². The van der Waals surface area contributed by atoms with Gasteiger partial charge in [-0.05, 0) is 90.2 Å². The summed E-state index contributed by atoms with van der Waals surface area (Å²) in [5, 5.41) is 79.1. The standard InChI is InChI=1S/C66H98O26/c1-31(68)40-22-25-66(76)64(40,8)60(88-45(70)19-18-37-16-14-13-15-17-37)58(85-36(6)69)59-63(7)23-21-39(26-38(63)20-24-65(59,66)75)86-46-27-41(77-9)53(32(2)81-46)89-47-28-42(78-10)54(33(3)82-47)90-48-29-43(79-11)55(34(4)83-48)91-62-52(74)57(80-12)56(35(5)84-62)92-61-51(73)50(72)49(71)44(30-67)87-61/h13-20,32-35,39-44,46-62,67,71-76H,21-30H2,1-12H3/t32-,33-,34-,35-,39+,40+,41+,42+,43-,44-,46+,47+,48+,49-,50+,51-,52-,53-,54-,55-,56-,57+,58+,59-,60-,61+,62+,63+,64+,65+,66-/m1/s1. The van der Waals surface area contributed by atoms with Crippen molar-refractivity contribution in [2.24, 2.45) is 22.7 Å². The van der Waals surface area contributed by atoms with E-state index in [9.17, 15) is 50.1 Å². The summed E-state index contributed by atoms with van der Waals surface area (Å²) in [6.45, 7) is 12.9. The molecule has 7 N–H and O–H groups in total. The number of esters is 2. The maximum Gasteiger partial charge on any atom is 0.331 e. The van der Waals surface area contributed by atoms with E-state index in [0.717, 1.165) is 11.1 Å². The van der Waals surface area contributed by atoms with Gasteiger partial charge in [-0.25, -0.2) is 4.79 Å². The minimum Gasteiger partial charge on any atom is -0.458 e. The Kier molecular flexibility index (Phi) is 22.4. The van der Waals surface area contributed by atoms with Crippen molar-refractivity contribution in [3.8, 4) is 0 Å². The number of carbonyl (C=O) groups is 3. The van der Waals surface area contributed by atoms with Gasteiger partial charge in [-0.15, -0.1) is 0 Å². The molecule has 0 bridgehead atoms. The number of aliphatic hydroxyl groups is 7. The molecule has 3 saturated carbocycles. The highest BCUT2D eigenvalue weighted by molar-refractivity contribution is 5.87. The summed E-state index contributed by atoms with van der Waals surface area (Å²) >= 11 is 0. The van der Waals surface area contributed by atoms with E-state index in [0.29, 0.717) is 25.7 Å². The first-order chi connectivity index (χ1) is 43.7. The van der Waals surface area contributed by atoms with Crippen molar-refractivity contribution in [1.82, 2.24) is 0 Å². The Morgan fingerprint density at radius 2 is 1.15 bits per heavy atom. The van der Waals surface area contributed by atoms with E-state index in [1.165, 1.54) is 34.1 Å². The van der Waals surface area contributed by atoms with Crippen molar-refractivity contribution >= 4 is 23.8 Å². The van der Waals surface area contributed by atoms with Crippen molar-refractivity contribution < 1.29 is 126 Å². The fraction of sp³-hybridized carbons (Fsp3) is 0.803. The van der Waals surface area contributed by atoms with Gasteiger partial charge < -0.3 is 112 Å². The van der Waals surface area contributed by atoms with E-state index in [2.05, 4.69) is 0 Å². The van der Waals surface area contributed by atoms with Crippen LogP contribution in [0.4, 0.5) is 0 Å². The summed E-state index contributed by atoms with van der Waals surface area (Å²) < 4.78 is 100. The minimum absolute atomic E-state index is 0.0148. The molecule has 10 rings (SSSR count). The Labute approximate surface area is 537 Å². The molecule has 518 valence electrons. The third kappa shape index (κ3) is 13.4. The third-order valence-corrected chi connectivity index (χ3v) is 21.8. The molecule has 1 aromatic carbocycles. The average molecular weight is 1310 g/mol. The molecule has 31 atom stereocenters. The maximum absolute atomic E-state index is 13.9. The number of hydrogen-bond acceptors (Lipinski definition) is 26. The summed E-state index contributed by atoms with van der Waals surface area (Å²) in [4.78, 5) is 40.7. The molecule has 5 saturated heterocycles. The first-order valence-corrected chi connectivity index (χ1v) is 32.4. The highest BCUT2D eigenvalue weighted by Crippen LogP contribution is 2.70. The molecule has 26 nitrogen and oxygen atoms in total. The van der Waals surface area contributed by atoms with Crippen molar-refractivity contribution in [2.75, 3.05) is 35.0 Å². The van der Waals surface area contributed by atoms with Crippen molar-refractivity contribution in [3.63, 3.8) is 0 Å². The van der Waals surface area contributed by atoms with Gasteiger partial charge in [-0.1, -0.05) is 55.8 Å². The largest absolute Gasteiger partial charge is 0.458 e. The number of benzene rings is 1. The van der Waals surface area contributed by atoms with Crippen LogP contribution in [0.3, 0.4) is 0 Å². The van der Waals surface area contributed by atoms with Gasteiger partial charge in [-0.2, -0.15) is 0 Å². The van der Waals surface area contributed by atoms with Gasteiger partial charge in [0.05, 0.1) is 55.4 Å². The van der Waals surface area contributed by atoms with Crippen LogP contribution in [-0.4, -0.2) is 253 Å². The van der Waals surface area contributed by atoms with Crippen LogP contribution < -0.4 is 0 Å². The molecule has 9 aliphatic rings. The highest BCUT2D eigenvalue weighted by atomic mass is 16.8. The number of methoxy groups -OCH3 is 4. The summed E-state index contributed by atoms with van der Waals surface area (Å²) in [6, 6.07) is 9.19. The van der Waals surface area contributed by atoms with E-state index in [-0.39, 0.29) is 44.0 Å². The molecule has 5 heterocycles. The number of ketones is 1. The van der Waals surface area contributed by atoms with Crippen LogP contribution in [0.2, 0.25) is 0 Å². The number of Topliss-reactive ketones (excluding diaryl/α,β-unsaturated/α-hetero) is 1. The van der Waals surface area contributed by atoms with Gasteiger partial charge in [0.15, 0.2) is 31.5 Å². The fourth-order valence-electron chi connectivity index (χ4n) is 17.0. The lowest BCUT2D eigenvalue weighted by atomic mass is 9.42. The Hall–Kier alpha value is -3.53. The van der Waals surface area contributed by atoms with E-state index in [4.69, 9.17) is 75.8 Å². The van der Waals surface area contributed by atoms with Crippen LogP contribution in [-0.2, 0) is 90.2 Å². The van der Waals surface area contributed by atoms with E-state index in [1.54, 1.807) is 41.1 Å². The van der Waals surface area contributed by atoms with Gasteiger partial charge in [-0.3, -0.25) is 9.59 Å². The minimum atomic E-state index is -1.93. The fourth-order valence-corrected chi connectivity index (χ4v) is 17.0. The quantitative estimate of drug-likeness (QED) is 0.0560. The van der Waals surface area contributed by atoms with Crippen LogP contribution >= 0.6 is 0 Å². The van der Waals surface area contributed by atoms with Crippen LogP contribution in [0.1, 0.15) is 119 Å². The lowest BCUT2D eigenvalue weighted by molar-refractivity contribution is -0.374. The number of carbonyl (C=O) groups excluding carboxylic acids is 3. The van der Waals surface area contributed by atoms with Gasteiger partial charge in [0.2, 0.25) is 0 Å². The lowest BCUT2D eigenvalue weighted by Gasteiger charge is -2.68. The number of ether oxygens (including phenoxy) is 16. The molecule has 0 radical (unpaired) electrons. The molecule has 0 unspecified atom stereocenters. The summed E-state index contributed by atoms with van der Waals surface area (Å²) in [7, 11) is 6.07. The van der Waals surface area contributed by atoms with Crippen LogP contribution in [0.5, 0.6) is 0 Å². The smallest absolute Gasteiger partial charge is 0.331 e. The molecule has 5 aliphatic heterocycles. The Morgan fingerprint density at radius 3 is 1.70 bits per heavy atom. The summed E-state index contributed by atoms with van der Waals surface area (Å²) in [5.41, 5.74) is -4.59. The van der Waals surface area contributed by atoms with Gasteiger partial charge in [0.25, 0.3) is 0 Å². The average Bonchev–Trinajstić information content (AvgIpc) is 1.29. The number of rotatable bonds is 20. The molecule has 4 aliphatic carbocycles. The summed E-state index contributed by atoms with van der Waals surface area (Å²) in [5.74, 6) is -3.43. The predicted octanol–water partition coefficient (Wildman–Crippen LogP) is 2.46. The second-order valence-electron chi connectivity index (χ2n) is 27.1. The first-order valence-electron chi connectivity index (χ1n) is 32.4. The molecule has 8 fully saturated rings. The van der Waals surface area contributed by atoms with E-state index < -0.39 is 200 Å². The molecular formula is C66H98O26.